The topological polar surface area (TPSA) is 92.4 Å². The maximum Gasteiger partial charge on any atom is 0.307 e. The standard InChI is InChI=1S/C17H19N5O2/c1-10-6-4-5-7-13(10)9-18-16-20-17-19-11(2)14(8-15(23)24)12(3)22(17)21-16/h4-7H,8-9H2,1-3H3,(H,18,21)(H,23,24). The summed E-state index contributed by atoms with van der Waals surface area (Å²) in [6, 6.07) is 8.11. The van der Waals surface area contributed by atoms with Crippen LogP contribution in [0.3, 0.4) is 0 Å². The highest BCUT2D eigenvalue weighted by atomic mass is 16.4. The summed E-state index contributed by atoms with van der Waals surface area (Å²) in [5.74, 6) is 0.0486. The molecule has 0 unspecified atom stereocenters. The summed E-state index contributed by atoms with van der Waals surface area (Å²) in [4.78, 5) is 19.8. The van der Waals surface area contributed by atoms with E-state index in [1.807, 2.05) is 19.1 Å². The number of aromatic nitrogens is 4. The van der Waals surface area contributed by atoms with E-state index in [2.05, 4.69) is 39.4 Å². The van der Waals surface area contributed by atoms with Crippen LogP contribution in [0.5, 0.6) is 0 Å². The smallest absolute Gasteiger partial charge is 0.307 e. The van der Waals surface area contributed by atoms with Crippen LogP contribution in [0.1, 0.15) is 28.1 Å². The number of rotatable bonds is 5. The predicted octanol–water partition coefficient (Wildman–Crippen LogP) is 2.29. The van der Waals surface area contributed by atoms with Gasteiger partial charge < -0.3 is 10.4 Å². The van der Waals surface area contributed by atoms with Crippen molar-refractivity contribution >= 4 is 17.7 Å². The van der Waals surface area contributed by atoms with Crippen LogP contribution in [-0.4, -0.2) is 30.7 Å². The van der Waals surface area contributed by atoms with Crippen molar-refractivity contribution in [3.63, 3.8) is 0 Å². The van der Waals surface area contributed by atoms with Crippen LogP contribution in [0.4, 0.5) is 5.95 Å². The van der Waals surface area contributed by atoms with Gasteiger partial charge in [0.25, 0.3) is 5.78 Å². The number of carbonyl (C=O) groups is 1. The average Bonchev–Trinajstić information content (AvgIpc) is 2.93. The molecule has 0 fully saturated rings. The van der Waals surface area contributed by atoms with Gasteiger partial charge in [0.05, 0.1) is 6.42 Å². The Labute approximate surface area is 139 Å². The van der Waals surface area contributed by atoms with Gasteiger partial charge in [0.15, 0.2) is 0 Å². The maximum atomic E-state index is 11.0. The molecular formula is C17H19N5O2. The zero-order valence-electron chi connectivity index (χ0n) is 13.9. The van der Waals surface area contributed by atoms with Crippen LogP contribution in [-0.2, 0) is 17.8 Å². The number of nitrogens with one attached hydrogen (secondary N) is 1. The first-order chi connectivity index (χ1) is 11.5. The largest absolute Gasteiger partial charge is 0.481 e. The monoisotopic (exact) mass is 325 g/mol. The third-order valence-electron chi connectivity index (χ3n) is 4.08. The molecule has 0 bridgehead atoms. The summed E-state index contributed by atoms with van der Waals surface area (Å²) in [6.45, 7) is 6.30. The van der Waals surface area contributed by atoms with Crippen molar-refractivity contribution < 1.29 is 9.90 Å². The molecule has 0 saturated heterocycles. The molecule has 2 aromatic heterocycles. The first-order valence-corrected chi connectivity index (χ1v) is 7.68. The Bertz CT molecular complexity index is 917. The highest BCUT2D eigenvalue weighted by molar-refractivity contribution is 5.71. The molecular weight excluding hydrogens is 306 g/mol. The summed E-state index contributed by atoms with van der Waals surface area (Å²) in [5, 5.41) is 16.6. The number of hydrogen-bond donors (Lipinski definition) is 2. The van der Waals surface area contributed by atoms with E-state index in [0.717, 1.165) is 5.69 Å². The molecule has 7 nitrogen and oxygen atoms in total. The van der Waals surface area contributed by atoms with Gasteiger partial charge in [-0.05, 0) is 31.9 Å². The fraction of sp³-hybridized carbons (Fsp3) is 0.294. The zero-order chi connectivity index (χ0) is 17.3. The molecule has 0 atom stereocenters. The summed E-state index contributed by atoms with van der Waals surface area (Å²) in [6.07, 6.45) is -0.0769. The van der Waals surface area contributed by atoms with Crippen LogP contribution < -0.4 is 5.32 Å². The molecule has 0 aliphatic rings. The molecule has 0 saturated carbocycles. The van der Waals surface area contributed by atoms with Crippen LogP contribution in [0.2, 0.25) is 0 Å². The molecule has 1 aromatic carbocycles. The minimum absolute atomic E-state index is 0.0769. The Morgan fingerprint density at radius 3 is 2.67 bits per heavy atom. The number of aryl methyl sites for hydroxylation is 3. The quantitative estimate of drug-likeness (QED) is 0.748. The van der Waals surface area contributed by atoms with Crippen molar-refractivity contribution in [2.45, 2.75) is 33.7 Å². The third-order valence-corrected chi connectivity index (χ3v) is 4.08. The van der Waals surface area contributed by atoms with Crippen molar-refractivity contribution in [3.05, 3.63) is 52.3 Å². The van der Waals surface area contributed by atoms with Gasteiger partial charge in [0.1, 0.15) is 0 Å². The lowest BCUT2D eigenvalue weighted by Crippen LogP contribution is -2.10. The molecule has 7 heteroatoms. The van der Waals surface area contributed by atoms with Gasteiger partial charge in [-0.15, -0.1) is 5.10 Å². The highest BCUT2D eigenvalue weighted by Crippen LogP contribution is 2.16. The average molecular weight is 325 g/mol. The van der Waals surface area contributed by atoms with E-state index in [1.54, 1.807) is 11.4 Å². The van der Waals surface area contributed by atoms with Crippen molar-refractivity contribution in [1.29, 1.82) is 0 Å². The van der Waals surface area contributed by atoms with E-state index in [0.29, 0.717) is 29.5 Å². The van der Waals surface area contributed by atoms with E-state index in [4.69, 9.17) is 5.11 Å². The fourth-order valence-electron chi connectivity index (χ4n) is 2.67. The van der Waals surface area contributed by atoms with Gasteiger partial charge in [-0.2, -0.15) is 9.50 Å². The molecule has 0 amide bonds. The summed E-state index contributed by atoms with van der Waals surface area (Å²) >= 11 is 0. The lowest BCUT2D eigenvalue weighted by molar-refractivity contribution is -0.136. The van der Waals surface area contributed by atoms with Gasteiger partial charge in [0, 0.05) is 23.5 Å². The van der Waals surface area contributed by atoms with Crippen molar-refractivity contribution in [2.75, 3.05) is 5.32 Å². The van der Waals surface area contributed by atoms with Crippen LogP contribution in [0.15, 0.2) is 24.3 Å². The van der Waals surface area contributed by atoms with Gasteiger partial charge >= 0.3 is 5.97 Å². The number of carboxylic acids is 1. The second kappa shape index (κ2) is 6.27. The van der Waals surface area contributed by atoms with E-state index in [-0.39, 0.29) is 6.42 Å². The van der Waals surface area contributed by atoms with Gasteiger partial charge in [-0.3, -0.25) is 4.79 Å². The Hall–Kier alpha value is -2.96. The van der Waals surface area contributed by atoms with Crippen molar-refractivity contribution in [1.82, 2.24) is 19.6 Å². The Morgan fingerprint density at radius 2 is 1.96 bits per heavy atom. The minimum Gasteiger partial charge on any atom is -0.481 e. The first kappa shape index (κ1) is 15.9. The summed E-state index contributed by atoms with van der Waals surface area (Å²) in [7, 11) is 0. The number of fused-ring (bicyclic) bond motifs is 1. The summed E-state index contributed by atoms with van der Waals surface area (Å²) in [5.41, 5.74) is 4.45. The predicted molar refractivity (Wildman–Crippen MR) is 90.1 cm³/mol. The number of hydrogen-bond acceptors (Lipinski definition) is 5. The maximum absolute atomic E-state index is 11.0. The van der Waals surface area contributed by atoms with Crippen molar-refractivity contribution in [2.24, 2.45) is 0 Å². The van der Waals surface area contributed by atoms with Gasteiger partial charge in [-0.1, -0.05) is 24.3 Å². The molecule has 24 heavy (non-hydrogen) atoms. The Morgan fingerprint density at radius 1 is 1.21 bits per heavy atom. The number of benzene rings is 1. The molecule has 3 rings (SSSR count). The normalized spacial score (nSPS) is 11.0. The van der Waals surface area contributed by atoms with Crippen LogP contribution >= 0.6 is 0 Å². The van der Waals surface area contributed by atoms with Crippen LogP contribution in [0, 0.1) is 20.8 Å². The number of nitrogens with zero attached hydrogens (tertiary/aromatic N) is 4. The van der Waals surface area contributed by atoms with E-state index < -0.39 is 5.97 Å². The van der Waals surface area contributed by atoms with Crippen LogP contribution in [0.25, 0.3) is 5.78 Å². The van der Waals surface area contributed by atoms with E-state index >= 15 is 0 Å². The molecule has 0 spiro atoms. The molecule has 124 valence electrons. The molecule has 3 aromatic rings. The molecule has 0 aliphatic heterocycles. The van der Waals surface area contributed by atoms with E-state index in [1.165, 1.54) is 11.1 Å². The first-order valence-electron chi connectivity index (χ1n) is 7.68. The van der Waals surface area contributed by atoms with Gasteiger partial charge in [-0.25, -0.2) is 4.98 Å². The molecule has 0 aliphatic carbocycles. The second-order valence-electron chi connectivity index (χ2n) is 5.76. The Kier molecular flexibility index (Phi) is 4.16. The number of aliphatic carboxylic acids is 1. The zero-order valence-corrected chi connectivity index (χ0v) is 13.9. The molecule has 0 radical (unpaired) electrons. The minimum atomic E-state index is -0.889. The second-order valence-corrected chi connectivity index (χ2v) is 5.76. The lowest BCUT2D eigenvalue weighted by Gasteiger charge is -2.07. The Balaban J connectivity index is 1.90. The fourth-order valence-corrected chi connectivity index (χ4v) is 2.67. The molecule has 2 heterocycles. The summed E-state index contributed by atoms with van der Waals surface area (Å²) < 4.78 is 1.59. The van der Waals surface area contributed by atoms with Crippen molar-refractivity contribution in [3.8, 4) is 0 Å². The van der Waals surface area contributed by atoms with Gasteiger partial charge in [0.2, 0.25) is 5.95 Å². The number of anilines is 1. The third kappa shape index (κ3) is 3.05. The highest BCUT2D eigenvalue weighted by Gasteiger charge is 2.15. The lowest BCUT2D eigenvalue weighted by atomic mass is 10.1. The van der Waals surface area contributed by atoms with E-state index in [9.17, 15) is 4.79 Å². The molecule has 2 N–H and O–H groups in total. The number of carboxylic acid groups (broad SMARTS) is 1. The SMILES string of the molecule is Cc1ccccc1CNc1nc2nc(C)c(CC(=O)O)c(C)n2n1.